The van der Waals surface area contributed by atoms with Crippen LogP contribution >= 0.6 is 0 Å². The van der Waals surface area contributed by atoms with Crippen LogP contribution in [0.3, 0.4) is 0 Å². The third-order valence-electron chi connectivity index (χ3n) is 5.59. The van der Waals surface area contributed by atoms with Crippen molar-refractivity contribution < 1.29 is 18.3 Å². The maximum atomic E-state index is 13.1. The van der Waals surface area contributed by atoms with Crippen molar-refractivity contribution in [2.75, 3.05) is 0 Å². The zero-order valence-corrected chi connectivity index (χ0v) is 17.5. The molecule has 0 spiro atoms. The average molecular weight is 420 g/mol. The standard InChI is InChI=1S/C25H25FN2O3/c1-17-24(28-25(31-17)20-9-11-21(26)12-10-20)16-30-23-4-2-3-22(13-23)29-15-19-7-5-18(14-27)6-8-19/h5-12,22-23H,2-4,13,15-16H2,1H3. The monoisotopic (exact) mass is 420 g/mol. The molecule has 31 heavy (non-hydrogen) atoms. The Bertz CT molecular complexity index is 1040. The van der Waals surface area contributed by atoms with Crippen molar-refractivity contribution in [1.82, 2.24) is 4.98 Å². The number of ether oxygens (including phenoxy) is 2. The third kappa shape index (κ3) is 5.57. The Kier molecular flexibility index (Phi) is 6.76. The van der Waals surface area contributed by atoms with Crippen LogP contribution in [0, 0.1) is 24.1 Å². The highest BCUT2D eigenvalue weighted by Crippen LogP contribution is 2.27. The number of halogens is 1. The summed E-state index contributed by atoms with van der Waals surface area (Å²) in [6.45, 7) is 2.78. The Hall–Kier alpha value is -3.01. The molecular formula is C25H25FN2O3. The molecule has 5 nitrogen and oxygen atoms in total. The molecule has 4 rings (SSSR count). The van der Waals surface area contributed by atoms with E-state index in [9.17, 15) is 4.39 Å². The summed E-state index contributed by atoms with van der Waals surface area (Å²) < 4.78 is 31.1. The fourth-order valence-electron chi connectivity index (χ4n) is 3.77. The Morgan fingerprint density at radius 3 is 2.39 bits per heavy atom. The molecule has 1 aliphatic carbocycles. The number of aryl methyl sites for hydroxylation is 1. The van der Waals surface area contributed by atoms with Crippen molar-refractivity contribution in [2.45, 2.75) is 58.0 Å². The predicted octanol–water partition coefficient (Wildman–Crippen LogP) is 5.71. The van der Waals surface area contributed by atoms with Gasteiger partial charge in [-0.3, -0.25) is 0 Å². The van der Waals surface area contributed by atoms with E-state index in [0.29, 0.717) is 30.4 Å². The molecule has 1 aliphatic rings. The van der Waals surface area contributed by atoms with Gasteiger partial charge in [0.05, 0.1) is 37.1 Å². The lowest BCUT2D eigenvalue weighted by atomic mass is 9.95. The normalized spacial score (nSPS) is 18.6. The maximum absolute atomic E-state index is 13.1. The van der Waals surface area contributed by atoms with E-state index in [-0.39, 0.29) is 18.0 Å². The molecule has 0 radical (unpaired) electrons. The summed E-state index contributed by atoms with van der Waals surface area (Å²) in [4.78, 5) is 4.53. The first-order valence-electron chi connectivity index (χ1n) is 10.5. The summed E-state index contributed by atoms with van der Waals surface area (Å²) in [5, 5.41) is 8.89. The number of hydrogen-bond acceptors (Lipinski definition) is 5. The molecule has 0 N–H and O–H groups in total. The average Bonchev–Trinajstić information content (AvgIpc) is 3.18. The summed E-state index contributed by atoms with van der Waals surface area (Å²) in [6, 6.07) is 15.7. The van der Waals surface area contributed by atoms with Gasteiger partial charge < -0.3 is 13.9 Å². The minimum atomic E-state index is -0.288. The molecule has 0 amide bonds. The molecular weight excluding hydrogens is 395 g/mol. The van der Waals surface area contributed by atoms with E-state index in [1.807, 2.05) is 31.2 Å². The molecule has 1 saturated carbocycles. The first kappa shape index (κ1) is 21.2. The van der Waals surface area contributed by atoms with Gasteiger partial charge in [-0.05, 0) is 74.6 Å². The fourth-order valence-corrected chi connectivity index (χ4v) is 3.77. The van der Waals surface area contributed by atoms with E-state index in [0.717, 1.165) is 42.5 Å². The molecule has 0 saturated heterocycles. The highest BCUT2D eigenvalue weighted by molar-refractivity contribution is 5.53. The number of oxazole rings is 1. The van der Waals surface area contributed by atoms with Gasteiger partial charge in [-0.2, -0.15) is 5.26 Å². The van der Waals surface area contributed by atoms with Gasteiger partial charge in [0.2, 0.25) is 5.89 Å². The Labute approximate surface area is 181 Å². The second-order valence-corrected chi connectivity index (χ2v) is 7.87. The predicted molar refractivity (Wildman–Crippen MR) is 113 cm³/mol. The third-order valence-corrected chi connectivity index (χ3v) is 5.59. The number of nitrogens with zero attached hydrogens (tertiary/aromatic N) is 2. The van der Waals surface area contributed by atoms with Gasteiger partial charge in [-0.15, -0.1) is 0 Å². The first-order chi connectivity index (χ1) is 15.1. The number of rotatable bonds is 7. The van der Waals surface area contributed by atoms with Gasteiger partial charge in [0.15, 0.2) is 0 Å². The van der Waals surface area contributed by atoms with E-state index in [2.05, 4.69) is 11.1 Å². The molecule has 2 unspecified atom stereocenters. The van der Waals surface area contributed by atoms with Crippen molar-refractivity contribution >= 4 is 0 Å². The van der Waals surface area contributed by atoms with E-state index >= 15 is 0 Å². The van der Waals surface area contributed by atoms with E-state index in [4.69, 9.17) is 19.2 Å². The van der Waals surface area contributed by atoms with Gasteiger partial charge in [0.25, 0.3) is 0 Å². The van der Waals surface area contributed by atoms with Crippen LogP contribution in [0.4, 0.5) is 4.39 Å². The smallest absolute Gasteiger partial charge is 0.226 e. The lowest BCUT2D eigenvalue weighted by molar-refractivity contribution is -0.0562. The number of aromatic nitrogens is 1. The molecule has 1 heterocycles. The minimum Gasteiger partial charge on any atom is -0.441 e. The summed E-state index contributed by atoms with van der Waals surface area (Å²) >= 11 is 0. The van der Waals surface area contributed by atoms with Crippen LogP contribution in [0.1, 0.15) is 48.3 Å². The van der Waals surface area contributed by atoms with Gasteiger partial charge in [0, 0.05) is 5.56 Å². The highest BCUT2D eigenvalue weighted by Gasteiger charge is 2.24. The van der Waals surface area contributed by atoms with Gasteiger partial charge >= 0.3 is 0 Å². The quantitative estimate of drug-likeness (QED) is 0.490. The van der Waals surface area contributed by atoms with E-state index in [1.165, 1.54) is 12.1 Å². The largest absolute Gasteiger partial charge is 0.441 e. The zero-order valence-electron chi connectivity index (χ0n) is 17.5. The summed E-state index contributed by atoms with van der Waals surface area (Å²) in [5.74, 6) is 0.899. The van der Waals surface area contributed by atoms with Crippen molar-refractivity contribution in [2.24, 2.45) is 0 Å². The van der Waals surface area contributed by atoms with Crippen LogP contribution < -0.4 is 0 Å². The Balaban J connectivity index is 1.28. The van der Waals surface area contributed by atoms with Crippen molar-refractivity contribution in [3.63, 3.8) is 0 Å². The first-order valence-corrected chi connectivity index (χ1v) is 10.5. The van der Waals surface area contributed by atoms with Crippen LogP contribution in [-0.2, 0) is 22.7 Å². The van der Waals surface area contributed by atoms with E-state index < -0.39 is 0 Å². The number of hydrogen-bond donors (Lipinski definition) is 0. The summed E-state index contributed by atoms with van der Waals surface area (Å²) in [7, 11) is 0. The highest BCUT2D eigenvalue weighted by atomic mass is 19.1. The van der Waals surface area contributed by atoms with Crippen molar-refractivity contribution in [1.29, 1.82) is 5.26 Å². The molecule has 3 aromatic rings. The fraction of sp³-hybridized carbons (Fsp3) is 0.360. The van der Waals surface area contributed by atoms with Crippen LogP contribution in [0.2, 0.25) is 0 Å². The van der Waals surface area contributed by atoms with Crippen LogP contribution in [0.5, 0.6) is 0 Å². The van der Waals surface area contributed by atoms with E-state index in [1.54, 1.807) is 12.1 Å². The minimum absolute atomic E-state index is 0.116. The van der Waals surface area contributed by atoms with Crippen molar-refractivity contribution in [3.8, 4) is 17.5 Å². The van der Waals surface area contributed by atoms with Crippen LogP contribution in [0.15, 0.2) is 52.9 Å². The Morgan fingerprint density at radius 2 is 1.71 bits per heavy atom. The molecule has 2 atom stereocenters. The lowest BCUT2D eigenvalue weighted by Gasteiger charge is -2.29. The number of benzene rings is 2. The molecule has 1 aromatic heterocycles. The summed E-state index contributed by atoms with van der Waals surface area (Å²) in [5.41, 5.74) is 3.22. The molecule has 2 aromatic carbocycles. The van der Waals surface area contributed by atoms with Crippen molar-refractivity contribution in [3.05, 3.63) is 76.9 Å². The van der Waals surface area contributed by atoms with Crippen LogP contribution in [0.25, 0.3) is 11.5 Å². The second-order valence-electron chi connectivity index (χ2n) is 7.87. The molecule has 1 fully saturated rings. The van der Waals surface area contributed by atoms with Crippen LogP contribution in [-0.4, -0.2) is 17.2 Å². The molecule has 0 aliphatic heterocycles. The van der Waals surface area contributed by atoms with Gasteiger partial charge in [-0.1, -0.05) is 12.1 Å². The molecule has 6 heteroatoms. The van der Waals surface area contributed by atoms with Gasteiger partial charge in [0.1, 0.15) is 17.3 Å². The summed E-state index contributed by atoms with van der Waals surface area (Å²) in [6.07, 6.45) is 4.19. The van der Waals surface area contributed by atoms with Gasteiger partial charge in [-0.25, -0.2) is 9.37 Å². The Morgan fingerprint density at radius 1 is 1.03 bits per heavy atom. The zero-order chi connectivity index (χ0) is 21.6. The SMILES string of the molecule is Cc1oc(-c2ccc(F)cc2)nc1COC1CCCC(OCc2ccc(C#N)cc2)C1. The maximum Gasteiger partial charge on any atom is 0.226 e. The lowest BCUT2D eigenvalue weighted by Crippen LogP contribution is -2.28. The second kappa shape index (κ2) is 9.86. The number of nitriles is 1. The molecule has 160 valence electrons. The molecule has 0 bridgehead atoms. The topological polar surface area (TPSA) is 68.3 Å².